The summed E-state index contributed by atoms with van der Waals surface area (Å²) < 4.78 is 26.1. The predicted molar refractivity (Wildman–Crippen MR) is 66.8 cm³/mol. The smallest absolute Gasteiger partial charge is 0.335 e. The molecule has 0 aliphatic heterocycles. The molecule has 1 aromatic rings. The van der Waals surface area contributed by atoms with E-state index in [0.717, 1.165) is 6.07 Å². The van der Waals surface area contributed by atoms with Gasteiger partial charge in [0.05, 0.1) is 17.0 Å². The van der Waals surface area contributed by atoms with Crippen LogP contribution in [0.4, 0.5) is 0 Å². The summed E-state index contributed by atoms with van der Waals surface area (Å²) >= 11 is 0. The van der Waals surface area contributed by atoms with Crippen LogP contribution in [0.3, 0.4) is 0 Å². The molecule has 0 unspecified atom stereocenters. The van der Waals surface area contributed by atoms with Crippen LogP contribution in [-0.4, -0.2) is 26.0 Å². The van der Waals surface area contributed by atoms with Crippen LogP contribution < -0.4 is 4.72 Å². The van der Waals surface area contributed by atoms with Crippen LogP contribution in [0.15, 0.2) is 23.1 Å². The monoisotopic (exact) mass is 267 g/mol. The topological polar surface area (TPSA) is 83.5 Å². The summed E-state index contributed by atoms with van der Waals surface area (Å²) in [6.45, 7) is 1.65. The highest BCUT2D eigenvalue weighted by Crippen LogP contribution is 2.18. The van der Waals surface area contributed by atoms with Crippen molar-refractivity contribution in [1.82, 2.24) is 4.72 Å². The summed E-state index contributed by atoms with van der Waals surface area (Å²) in [5, 5.41) is 8.87. The SMILES string of the molecule is C#CCNS(=O)(=O)c1cc(C(=O)O)ccc1CC. The molecule has 0 saturated heterocycles. The van der Waals surface area contributed by atoms with Gasteiger partial charge in [0, 0.05) is 0 Å². The van der Waals surface area contributed by atoms with E-state index in [4.69, 9.17) is 11.5 Å². The van der Waals surface area contributed by atoms with Gasteiger partial charge in [-0.1, -0.05) is 18.9 Å². The fourth-order valence-electron chi connectivity index (χ4n) is 1.44. The van der Waals surface area contributed by atoms with Gasteiger partial charge in [-0.2, -0.15) is 4.72 Å². The molecule has 0 aliphatic rings. The van der Waals surface area contributed by atoms with Crippen molar-refractivity contribution in [1.29, 1.82) is 0 Å². The Morgan fingerprint density at radius 3 is 2.67 bits per heavy atom. The highest BCUT2D eigenvalue weighted by molar-refractivity contribution is 7.89. The van der Waals surface area contributed by atoms with E-state index in [0.29, 0.717) is 12.0 Å². The summed E-state index contributed by atoms with van der Waals surface area (Å²) in [7, 11) is -3.78. The van der Waals surface area contributed by atoms with E-state index in [1.807, 2.05) is 0 Å². The average molecular weight is 267 g/mol. The van der Waals surface area contributed by atoms with E-state index < -0.39 is 16.0 Å². The standard InChI is InChI=1S/C12H13NO4S/c1-3-7-13-18(16,17)11-8-10(12(14)15)6-5-9(11)4-2/h1,5-6,8,13H,4,7H2,2H3,(H,14,15). The van der Waals surface area contributed by atoms with Gasteiger partial charge in [0.2, 0.25) is 10.0 Å². The number of sulfonamides is 1. The third kappa shape index (κ3) is 3.09. The second-order valence-corrected chi connectivity index (χ2v) is 5.25. The molecule has 2 N–H and O–H groups in total. The van der Waals surface area contributed by atoms with Gasteiger partial charge >= 0.3 is 5.97 Å². The van der Waals surface area contributed by atoms with Gasteiger partial charge in [-0.3, -0.25) is 0 Å². The Morgan fingerprint density at radius 2 is 2.17 bits per heavy atom. The number of carboxylic acid groups (broad SMARTS) is 1. The number of carboxylic acids is 1. The Kier molecular flexibility index (Phi) is 4.48. The van der Waals surface area contributed by atoms with Crippen LogP contribution in [0.25, 0.3) is 0 Å². The van der Waals surface area contributed by atoms with Crippen molar-refractivity contribution in [2.45, 2.75) is 18.2 Å². The van der Waals surface area contributed by atoms with Gasteiger partial charge in [-0.25, -0.2) is 13.2 Å². The molecule has 5 nitrogen and oxygen atoms in total. The van der Waals surface area contributed by atoms with E-state index in [1.165, 1.54) is 12.1 Å². The zero-order valence-corrected chi connectivity index (χ0v) is 10.6. The number of benzene rings is 1. The lowest BCUT2D eigenvalue weighted by molar-refractivity contribution is 0.0696. The van der Waals surface area contributed by atoms with Crippen molar-refractivity contribution in [2.24, 2.45) is 0 Å². The zero-order chi connectivity index (χ0) is 13.8. The van der Waals surface area contributed by atoms with E-state index in [-0.39, 0.29) is 17.0 Å². The number of aromatic carboxylic acids is 1. The molecule has 0 saturated carbocycles. The number of rotatable bonds is 5. The van der Waals surface area contributed by atoms with Crippen LogP contribution in [-0.2, 0) is 16.4 Å². The largest absolute Gasteiger partial charge is 0.478 e. The first-order valence-corrected chi connectivity index (χ1v) is 6.70. The normalized spacial score (nSPS) is 10.9. The Hall–Kier alpha value is -1.84. The summed E-state index contributed by atoms with van der Waals surface area (Å²) in [4.78, 5) is 10.8. The van der Waals surface area contributed by atoms with Crippen molar-refractivity contribution in [3.8, 4) is 12.3 Å². The van der Waals surface area contributed by atoms with E-state index in [2.05, 4.69) is 10.6 Å². The number of hydrogen-bond donors (Lipinski definition) is 2. The van der Waals surface area contributed by atoms with Crippen molar-refractivity contribution >= 4 is 16.0 Å². The second kappa shape index (κ2) is 5.67. The molecule has 0 radical (unpaired) electrons. The summed E-state index contributed by atoms with van der Waals surface area (Å²) in [5.41, 5.74) is 0.470. The Labute approximate surface area is 106 Å². The molecule has 0 amide bonds. The highest BCUT2D eigenvalue weighted by atomic mass is 32.2. The van der Waals surface area contributed by atoms with Crippen LogP contribution >= 0.6 is 0 Å². The van der Waals surface area contributed by atoms with Gasteiger partial charge < -0.3 is 5.11 Å². The lowest BCUT2D eigenvalue weighted by Gasteiger charge is -2.10. The van der Waals surface area contributed by atoms with Crippen LogP contribution in [0.1, 0.15) is 22.8 Å². The summed E-state index contributed by atoms with van der Waals surface area (Å²) in [6.07, 6.45) is 5.47. The molecule has 0 heterocycles. The minimum atomic E-state index is -3.78. The Balaban J connectivity index is 3.33. The van der Waals surface area contributed by atoms with Crippen LogP contribution in [0, 0.1) is 12.3 Å². The molecule has 96 valence electrons. The highest BCUT2D eigenvalue weighted by Gasteiger charge is 2.19. The van der Waals surface area contributed by atoms with Crippen molar-refractivity contribution in [2.75, 3.05) is 6.54 Å². The minimum absolute atomic E-state index is 0.0415. The third-order valence-corrected chi connectivity index (χ3v) is 3.83. The molecule has 18 heavy (non-hydrogen) atoms. The minimum Gasteiger partial charge on any atom is -0.478 e. The molecule has 6 heteroatoms. The fourth-order valence-corrected chi connectivity index (χ4v) is 2.71. The molecular weight excluding hydrogens is 254 g/mol. The summed E-state index contributed by atoms with van der Waals surface area (Å²) in [5.74, 6) is 0.987. The first-order valence-electron chi connectivity index (χ1n) is 5.21. The summed E-state index contributed by atoms with van der Waals surface area (Å²) in [6, 6.07) is 4.01. The lowest BCUT2D eigenvalue weighted by atomic mass is 10.1. The zero-order valence-electron chi connectivity index (χ0n) is 9.80. The second-order valence-electron chi connectivity index (χ2n) is 3.51. The van der Waals surface area contributed by atoms with Gasteiger partial charge in [0.1, 0.15) is 0 Å². The Bertz CT molecular complexity index is 599. The van der Waals surface area contributed by atoms with Gasteiger partial charge in [-0.05, 0) is 24.1 Å². The number of terminal acetylenes is 1. The van der Waals surface area contributed by atoms with Crippen LogP contribution in [0.5, 0.6) is 0 Å². The number of carbonyl (C=O) groups is 1. The van der Waals surface area contributed by atoms with E-state index in [9.17, 15) is 13.2 Å². The van der Waals surface area contributed by atoms with E-state index in [1.54, 1.807) is 6.92 Å². The van der Waals surface area contributed by atoms with Crippen LogP contribution in [0.2, 0.25) is 0 Å². The van der Waals surface area contributed by atoms with Crippen molar-refractivity contribution in [3.63, 3.8) is 0 Å². The molecular formula is C12H13NO4S. The maximum atomic E-state index is 11.9. The van der Waals surface area contributed by atoms with Crippen molar-refractivity contribution in [3.05, 3.63) is 29.3 Å². The molecule has 1 aromatic carbocycles. The maximum Gasteiger partial charge on any atom is 0.335 e. The van der Waals surface area contributed by atoms with Gasteiger partial charge in [0.15, 0.2) is 0 Å². The molecule has 0 fully saturated rings. The molecule has 0 aliphatic carbocycles. The Morgan fingerprint density at radius 1 is 1.50 bits per heavy atom. The predicted octanol–water partition coefficient (Wildman–Crippen LogP) is 0.859. The number of hydrogen-bond acceptors (Lipinski definition) is 3. The maximum absolute atomic E-state index is 11.9. The molecule has 0 aromatic heterocycles. The molecule has 1 rings (SSSR count). The number of aryl methyl sites for hydroxylation is 1. The average Bonchev–Trinajstić information content (AvgIpc) is 2.35. The molecule has 0 spiro atoms. The van der Waals surface area contributed by atoms with Gasteiger partial charge in [0.25, 0.3) is 0 Å². The third-order valence-electron chi connectivity index (χ3n) is 2.35. The molecule has 0 bridgehead atoms. The first kappa shape index (κ1) is 14.2. The van der Waals surface area contributed by atoms with Gasteiger partial charge in [-0.15, -0.1) is 6.42 Å². The number of nitrogens with one attached hydrogen (secondary N) is 1. The lowest BCUT2D eigenvalue weighted by Crippen LogP contribution is -2.25. The van der Waals surface area contributed by atoms with E-state index >= 15 is 0 Å². The molecule has 0 atom stereocenters. The fraction of sp³-hybridized carbons (Fsp3) is 0.250. The van der Waals surface area contributed by atoms with Crippen molar-refractivity contribution < 1.29 is 18.3 Å². The quantitative estimate of drug-likeness (QED) is 0.775. The first-order chi connectivity index (χ1) is 8.42.